The van der Waals surface area contributed by atoms with Crippen molar-refractivity contribution in [1.29, 1.82) is 0 Å². The number of carbonyl (C=O) groups excluding carboxylic acids is 3. The second-order valence-corrected chi connectivity index (χ2v) is 6.66. The monoisotopic (exact) mass is 311 g/mol. The molecule has 1 rings (SSSR count). The maximum atomic E-state index is 11.9. The van der Waals surface area contributed by atoms with Gasteiger partial charge in [0, 0.05) is 12.6 Å². The van der Waals surface area contributed by atoms with Crippen LogP contribution in [-0.4, -0.2) is 48.3 Å². The Hall–Kier alpha value is -1.89. The maximum Gasteiger partial charge on any atom is 0.261 e. The molecule has 0 aliphatic carbocycles. The molecule has 0 fully saturated rings. The van der Waals surface area contributed by atoms with E-state index in [1.807, 2.05) is 20.8 Å². The van der Waals surface area contributed by atoms with Crippen molar-refractivity contribution in [2.75, 3.05) is 20.1 Å². The molecule has 1 aromatic heterocycles. The van der Waals surface area contributed by atoms with Crippen LogP contribution in [0.1, 0.15) is 30.4 Å². The molecule has 21 heavy (non-hydrogen) atoms. The number of hydrogen-bond acceptors (Lipinski definition) is 4. The molecule has 3 amide bonds. The molecule has 6 nitrogen and oxygen atoms in total. The van der Waals surface area contributed by atoms with Gasteiger partial charge in [0.05, 0.1) is 18.0 Å². The molecule has 0 saturated carbocycles. The average molecular weight is 311 g/mol. The van der Waals surface area contributed by atoms with Crippen molar-refractivity contribution in [2.24, 2.45) is 0 Å². The van der Waals surface area contributed by atoms with E-state index in [1.165, 1.54) is 23.3 Å². The summed E-state index contributed by atoms with van der Waals surface area (Å²) in [5, 5.41) is 7.10. The minimum Gasteiger partial charge on any atom is -0.350 e. The van der Waals surface area contributed by atoms with Crippen LogP contribution in [0, 0.1) is 0 Å². The van der Waals surface area contributed by atoms with Gasteiger partial charge in [-0.3, -0.25) is 14.4 Å². The van der Waals surface area contributed by atoms with Crippen LogP contribution in [0.3, 0.4) is 0 Å². The normalized spacial score (nSPS) is 10.9. The lowest BCUT2D eigenvalue weighted by molar-refractivity contribution is -0.134. The van der Waals surface area contributed by atoms with Crippen LogP contribution >= 0.6 is 11.3 Å². The largest absolute Gasteiger partial charge is 0.350 e. The lowest BCUT2D eigenvalue weighted by Gasteiger charge is -2.23. The minimum atomic E-state index is -0.339. The minimum absolute atomic E-state index is 0.0367. The molecule has 0 radical (unpaired) electrons. The van der Waals surface area contributed by atoms with E-state index in [0.717, 1.165) is 0 Å². The van der Waals surface area contributed by atoms with Crippen molar-refractivity contribution in [3.05, 3.63) is 22.4 Å². The first kappa shape index (κ1) is 17.2. The van der Waals surface area contributed by atoms with Gasteiger partial charge in [-0.15, -0.1) is 11.3 Å². The van der Waals surface area contributed by atoms with Crippen molar-refractivity contribution in [2.45, 2.75) is 26.3 Å². The van der Waals surface area contributed by atoms with Gasteiger partial charge in [0.2, 0.25) is 11.8 Å². The molecule has 0 unspecified atom stereocenters. The molecule has 0 aromatic carbocycles. The fourth-order valence-corrected chi connectivity index (χ4v) is 2.19. The van der Waals surface area contributed by atoms with Crippen molar-refractivity contribution in [1.82, 2.24) is 15.5 Å². The Morgan fingerprint density at radius 1 is 1.29 bits per heavy atom. The average Bonchev–Trinajstić information content (AvgIpc) is 2.86. The van der Waals surface area contributed by atoms with Gasteiger partial charge in [-0.25, -0.2) is 0 Å². The molecule has 0 aliphatic heterocycles. The summed E-state index contributed by atoms with van der Waals surface area (Å²) in [6.07, 6.45) is 0. The van der Waals surface area contributed by atoms with Gasteiger partial charge in [0.1, 0.15) is 0 Å². The molecular weight excluding hydrogens is 290 g/mol. The van der Waals surface area contributed by atoms with Crippen molar-refractivity contribution >= 4 is 29.1 Å². The van der Waals surface area contributed by atoms with Crippen LogP contribution in [0.4, 0.5) is 0 Å². The molecule has 1 heterocycles. The van der Waals surface area contributed by atoms with Crippen molar-refractivity contribution in [3.8, 4) is 0 Å². The van der Waals surface area contributed by atoms with E-state index in [-0.39, 0.29) is 36.3 Å². The Balaban J connectivity index is 2.38. The molecule has 0 saturated heterocycles. The van der Waals surface area contributed by atoms with E-state index >= 15 is 0 Å². The summed E-state index contributed by atoms with van der Waals surface area (Å²) in [7, 11) is 1.53. The second kappa shape index (κ2) is 7.21. The number of nitrogens with zero attached hydrogens (tertiary/aromatic N) is 1. The molecule has 116 valence electrons. The molecule has 7 heteroatoms. The third-order valence-electron chi connectivity index (χ3n) is 2.47. The van der Waals surface area contributed by atoms with Crippen molar-refractivity contribution < 1.29 is 14.4 Å². The van der Waals surface area contributed by atoms with Crippen LogP contribution in [0.25, 0.3) is 0 Å². The highest BCUT2D eigenvalue weighted by molar-refractivity contribution is 7.12. The van der Waals surface area contributed by atoms with Crippen LogP contribution in [0.5, 0.6) is 0 Å². The van der Waals surface area contributed by atoms with Gasteiger partial charge >= 0.3 is 0 Å². The highest BCUT2D eigenvalue weighted by Crippen LogP contribution is 2.07. The number of nitrogens with one attached hydrogen (secondary N) is 2. The first-order valence-electron chi connectivity index (χ1n) is 6.56. The lowest BCUT2D eigenvalue weighted by atomic mass is 10.1. The zero-order chi connectivity index (χ0) is 16.0. The van der Waals surface area contributed by atoms with Gasteiger partial charge in [0.25, 0.3) is 5.91 Å². The van der Waals surface area contributed by atoms with E-state index in [2.05, 4.69) is 10.6 Å². The number of likely N-dealkylation sites (N-methyl/N-ethyl adjacent to an activating group) is 1. The standard InChI is InChI=1S/C14H21N3O3S/c1-14(2,3)16-11(18)9-17(4)12(19)8-15-13(20)10-6-5-7-21-10/h5-7H,8-9H2,1-4H3,(H,15,20)(H,16,18). The number of thiophene rings is 1. The van der Waals surface area contributed by atoms with Crippen LogP contribution in [0.15, 0.2) is 17.5 Å². The molecule has 0 atom stereocenters. The highest BCUT2D eigenvalue weighted by Gasteiger charge is 2.18. The fourth-order valence-electron chi connectivity index (χ4n) is 1.55. The van der Waals surface area contributed by atoms with Crippen molar-refractivity contribution in [3.63, 3.8) is 0 Å². The van der Waals surface area contributed by atoms with Gasteiger partial charge in [0.15, 0.2) is 0 Å². The van der Waals surface area contributed by atoms with Crippen LogP contribution in [-0.2, 0) is 9.59 Å². The number of hydrogen-bond donors (Lipinski definition) is 2. The third-order valence-corrected chi connectivity index (χ3v) is 3.33. The van der Waals surface area contributed by atoms with E-state index in [9.17, 15) is 14.4 Å². The number of amides is 3. The Labute approximate surface area is 128 Å². The first-order chi connectivity index (χ1) is 9.69. The Kier molecular flexibility index (Phi) is 5.90. The predicted molar refractivity (Wildman–Crippen MR) is 82.2 cm³/mol. The van der Waals surface area contributed by atoms with E-state index < -0.39 is 0 Å². The Morgan fingerprint density at radius 3 is 2.48 bits per heavy atom. The van der Waals surface area contributed by atoms with E-state index in [1.54, 1.807) is 17.5 Å². The van der Waals surface area contributed by atoms with E-state index in [0.29, 0.717) is 4.88 Å². The predicted octanol–water partition coefficient (Wildman–Crippen LogP) is 0.851. The summed E-state index contributed by atoms with van der Waals surface area (Å²) in [5.41, 5.74) is -0.339. The molecule has 0 spiro atoms. The summed E-state index contributed by atoms with van der Waals surface area (Å²) in [6, 6.07) is 3.45. The smallest absolute Gasteiger partial charge is 0.261 e. The Bertz CT molecular complexity index is 506. The van der Waals surface area contributed by atoms with Gasteiger partial charge in [-0.1, -0.05) is 6.07 Å². The number of rotatable bonds is 5. The zero-order valence-corrected chi connectivity index (χ0v) is 13.5. The van der Waals surface area contributed by atoms with Gasteiger partial charge < -0.3 is 15.5 Å². The highest BCUT2D eigenvalue weighted by atomic mass is 32.1. The lowest BCUT2D eigenvalue weighted by Crippen LogP contribution is -2.47. The quantitative estimate of drug-likeness (QED) is 0.846. The van der Waals surface area contributed by atoms with E-state index in [4.69, 9.17) is 0 Å². The molecule has 1 aromatic rings. The molecule has 0 bridgehead atoms. The SMILES string of the molecule is CN(CC(=O)NC(C)(C)C)C(=O)CNC(=O)c1cccs1. The summed E-state index contributed by atoms with van der Waals surface area (Å²) < 4.78 is 0. The summed E-state index contributed by atoms with van der Waals surface area (Å²) in [4.78, 5) is 37.1. The summed E-state index contributed by atoms with van der Waals surface area (Å²) in [5.74, 6) is -0.835. The summed E-state index contributed by atoms with van der Waals surface area (Å²) >= 11 is 1.31. The zero-order valence-electron chi connectivity index (χ0n) is 12.7. The summed E-state index contributed by atoms with van der Waals surface area (Å²) in [6.45, 7) is 5.44. The second-order valence-electron chi connectivity index (χ2n) is 5.71. The molecule has 2 N–H and O–H groups in total. The van der Waals surface area contributed by atoms with Gasteiger partial charge in [-0.2, -0.15) is 0 Å². The molecular formula is C14H21N3O3S. The Morgan fingerprint density at radius 2 is 1.95 bits per heavy atom. The molecule has 0 aliphatic rings. The topological polar surface area (TPSA) is 78.5 Å². The first-order valence-corrected chi connectivity index (χ1v) is 7.43. The third kappa shape index (κ3) is 6.40. The van der Waals surface area contributed by atoms with Crippen LogP contribution in [0.2, 0.25) is 0 Å². The maximum absolute atomic E-state index is 11.9. The number of carbonyl (C=O) groups is 3. The fraction of sp³-hybridized carbons (Fsp3) is 0.500. The van der Waals surface area contributed by atoms with Gasteiger partial charge in [-0.05, 0) is 32.2 Å². The van der Waals surface area contributed by atoms with Crippen LogP contribution < -0.4 is 10.6 Å².